The minimum absolute atomic E-state index is 0.138. The van der Waals surface area contributed by atoms with Gasteiger partial charge in [0, 0.05) is 30.6 Å². The fourth-order valence-electron chi connectivity index (χ4n) is 3.79. The van der Waals surface area contributed by atoms with Crippen LogP contribution in [0.5, 0.6) is 11.5 Å². The number of anilines is 1. The molecule has 0 amide bonds. The monoisotopic (exact) mass is 412 g/mol. The van der Waals surface area contributed by atoms with Crippen LogP contribution in [0.2, 0.25) is 0 Å². The van der Waals surface area contributed by atoms with Crippen LogP contribution < -0.4 is 14.2 Å². The largest absolute Gasteiger partial charge is 0.486 e. The topological polar surface area (TPSA) is 95.3 Å². The number of benzene rings is 2. The maximum absolute atomic E-state index is 12.9. The van der Waals surface area contributed by atoms with Crippen molar-refractivity contribution < 1.29 is 17.9 Å². The van der Waals surface area contributed by atoms with Crippen molar-refractivity contribution in [2.75, 3.05) is 17.9 Å². The van der Waals surface area contributed by atoms with E-state index in [0.29, 0.717) is 30.4 Å². The van der Waals surface area contributed by atoms with Gasteiger partial charge in [0.25, 0.3) is 10.0 Å². The second kappa shape index (κ2) is 7.07. The Bertz CT molecular complexity index is 1160. The normalized spacial score (nSPS) is 18.1. The molecule has 29 heavy (non-hydrogen) atoms. The molecule has 2 aliphatic heterocycles. The van der Waals surface area contributed by atoms with Gasteiger partial charge in [-0.15, -0.1) is 10.2 Å². The molecule has 1 aromatic heterocycles. The van der Waals surface area contributed by atoms with Crippen LogP contribution >= 0.6 is 0 Å². The van der Waals surface area contributed by atoms with E-state index in [4.69, 9.17) is 9.47 Å². The number of fused-ring (bicyclic) bond motifs is 2. The third kappa shape index (κ3) is 3.53. The van der Waals surface area contributed by atoms with E-state index < -0.39 is 10.0 Å². The number of sulfonamides is 1. The molecule has 150 valence electrons. The Morgan fingerprint density at radius 1 is 1.07 bits per heavy atom. The van der Waals surface area contributed by atoms with Gasteiger partial charge in [0.2, 0.25) is 0 Å². The molecule has 0 bridgehead atoms. The molecule has 9 heteroatoms. The van der Waals surface area contributed by atoms with Gasteiger partial charge in [-0.1, -0.05) is 12.1 Å². The maximum Gasteiger partial charge on any atom is 0.262 e. The molecule has 0 radical (unpaired) electrons. The fraction of sp³-hybridized carbons (Fsp3) is 0.300. The summed E-state index contributed by atoms with van der Waals surface area (Å²) in [4.78, 5) is 0.138. The van der Waals surface area contributed by atoms with Crippen LogP contribution in [-0.2, 0) is 23.0 Å². The van der Waals surface area contributed by atoms with E-state index in [9.17, 15) is 8.42 Å². The summed E-state index contributed by atoms with van der Waals surface area (Å²) < 4.78 is 41.4. The highest BCUT2D eigenvalue weighted by atomic mass is 32.2. The molecule has 0 fully saturated rings. The minimum atomic E-state index is -3.74. The Morgan fingerprint density at radius 2 is 1.93 bits per heavy atom. The molecule has 5 rings (SSSR count). The first-order valence-electron chi connectivity index (χ1n) is 9.48. The summed E-state index contributed by atoms with van der Waals surface area (Å²) in [5, 5.41) is 8.08. The van der Waals surface area contributed by atoms with E-state index in [1.807, 2.05) is 18.2 Å². The number of nitrogens with one attached hydrogen (secondary N) is 1. The zero-order valence-corrected chi connectivity index (χ0v) is 16.4. The van der Waals surface area contributed by atoms with Gasteiger partial charge in [0.1, 0.15) is 25.4 Å². The molecule has 0 spiro atoms. The molecule has 0 saturated heterocycles. The summed E-state index contributed by atoms with van der Waals surface area (Å²) >= 11 is 0. The number of aryl methyl sites for hydroxylation is 1. The SMILES string of the molecule is O=S(=O)(Nc1cccc([C@@H]2CCc3nncn3C2)c1)c1ccc2c(c1)OCCO2. The summed E-state index contributed by atoms with van der Waals surface area (Å²) in [6, 6.07) is 12.2. The first kappa shape index (κ1) is 18.0. The number of ether oxygens (including phenoxy) is 2. The summed E-state index contributed by atoms with van der Waals surface area (Å²) in [5.41, 5.74) is 1.62. The molecule has 3 heterocycles. The summed E-state index contributed by atoms with van der Waals surface area (Å²) in [5.74, 6) is 2.29. The standard InChI is InChI=1S/C20H20N4O4S/c25-29(26,17-5-6-18-19(11-17)28-9-8-27-18)23-16-3-1-2-14(10-16)15-4-7-20-22-21-13-24(20)12-15/h1-3,5-6,10-11,13,15,23H,4,7-9,12H2/t15-/m1/s1. The predicted octanol–water partition coefficient (Wildman–Crippen LogP) is 2.58. The van der Waals surface area contributed by atoms with Gasteiger partial charge in [-0.3, -0.25) is 4.72 Å². The van der Waals surface area contributed by atoms with Crippen molar-refractivity contribution in [2.24, 2.45) is 0 Å². The highest BCUT2D eigenvalue weighted by Gasteiger charge is 2.23. The first-order valence-corrected chi connectivity index (χ1v) is 11.0. The lowest BCUT2D eigenvalue weighted by Crippen LogP contribution is -2.19. The molecule has 1 N–H and O–H groups in total. The van der Waals surface area contributed by atoms with E-state index in [1.165, 1.54) is 12.1 Å². The minimum Gasteiger partial charge on any atom is -0.486 e. The van der Waals surface area contributed by atoms with Gasteiger partial charge >= 0.3 is 0 Å². The summed E-state index contributed by atoms with van der Waals surface area (Å²) in [7, 11) is -3.74. The first-order chi connectivity index (χ1) is 14.1. The van der Waals surface area contributed by atoms with Crippen LogP contribution in [0.15, 0.2) is 53.7 Å². The molecule has 1 atom stereocenters. The van der Waals surface area contributed by atoms with Gasteiger partial charge in [0.05, 0.1) is 4.90 Å². The van der Waals surface area contributed by atoms with E-state index in [-0.39, 0.29) is 10.8 Å². The van der Waals surface area contributed by atoms with E-state index >= 15 is 0 Å². The highest BCUT2D eigenvalue weighted by molar-refractivity contribution is 7.92. The van der Waals surface area contributed by atoms with Crippen molar-refractivity contribution in [1.29, 1.82) is 0 Å². The van der Waals surface area contributed by atoms with Crippen LogP contribution in [0.4, 0.5) is 5.69 Å². The molecule has 2 aromatic carbocycles. The van der Waals surface area contributed by atoms with Gasteiger partial charge in [-0.05, 0) is 36.2 Å². The van der Waals surface area contributed by atoms with Crippen molar-refractivity contribution in [3.63, 3.8) is 0 Å². The second-order valence-electron chi connectivity index (χ2n) is 7.17. The van der Waals surface area contributed by atoms with Crippen LogP contribution in [-0.4, -0.2) is 36.4 Å². The average Bonchev–Trinajstić information content (AvgIpc) is 3.21. The Hall–Kier alpha value is -3.07. The van der Waals surface area contributed by atoms with Crippen molar-refractivity contribution in [3.05, 3.63) is 60.2 Å². The molecule has 0 saturated carbocycles. The lowest BCUT2D eigenvalue weighted by atomic mass is 9.91. The second-order valence-corrected chi connectivity index (χ2v) is 8.85. The zero-order valence-electron chi connectivity index (χ0n) is 15.6. The predicted molar refractivity (Wildman–Crippen MR) is 106 cm³/mol. The zero-order chi connectivity index (χ0) is 19.8. The van der Waals surface area contributed by atoms with E-state index in [2.05, 4.69) is 19.5 Å². The number of hydrogen-bond donors (Lipinski definition) is 1. The smallest absolute Gasteiger partial charge is 0.262 e. The van der Waals surface area contributed by atoms with Gasteiger partial charge in [0.15, 0.2) is 11.5 Å². The molecule has 0 aliphatic carbocycles. The van der Waals surface area contributed by atoms with E-state index in [1.54, 1.807) is 18.5 Å². The molecule has 3 aromatic rings. The lowest BCUT2D eigenvalue weighted by Gasteiger charge is -2.24. The fourth-order valence-corrected chi connectivity index (χ4v) is 4.85. The van der Waals surface area contributed by atoms with Crippen molar-refractivity contribution in [1.82, 2.24) is 14.8 Å². The number of aromatic nitrogens is 3. The molecule has 0 unspecified atom stereocenters. The Labute approximate surface area is 168 Å². The highest BCUT2D eigenvalue weighted by Crippen LogP contribution is 2.33. The molecular weight excluding hydrogens is 392 g/mol. The molecule has 2 aliphatic rings. The van der Waals surface area contributed by atoms with Crippen molar-refractivity contribution in [3.8, 4) is 11.5 Å². The van der Waals surface area contributed by atoms with Gasteiger partial charge in [-0.2, -0.15) is 0 Å². The Balaban J connectivity index is 1.37. The van der Waals surface area contributed by atoms with Gasteiger partial charge < -0.3 is 14.0 Å². The maximum atomic E-state index is 12.9. The Morgan fingerprint density at radius 3 is 2.83 bits per heavy atom. The quantitative estimate of drug-likeness (QED) is 0.708. The number of hydrogen-bond acceptors (Lipinski definition) is 6. The lowest BCUT2D eigenvalue weighted by molar-refractivity contribution is 0.171. The Kier molecular flexibility index (Phi) is 4.39. The number of nitrogens with zero attached hydrogens (tertiary/aromatic N) is 3. The van der Waals surface area contributed by atoms with Crippen LogP contribution in [0.25, 0.3) is 0 Å². The third-order valence-electron chi connectivity index (χ3n) is 5.26. The number of rotatable bonds is 4. The third-order valence-corrected chi connectivity index (χ3v) is 6.64. The van der Waals surface area contributed by atoms with Crippen molar-refractivity contribution >= 4 is 15.7 Å². The van der Waals surface area contributed by atoms with E-state index in [0.717, 1.165) is 30.8 Å². The molecular formula is C20H20N4O4S. The van der Waals surface area contributed by atoms with Crippen LogP contribution in [0, 0.1) is 0 Å². The van der Waals surface area contributed by atoms with Gasteiger partial charge in [-0.25, -0.2) is 8.42 Å². The summed E-state index contributed by atoms with van der Waals surface area (Å²) in [6.07, 6.45) is 3.56. The molecule has 8 nitrogen and oxygen atoms in total. The summed E-state index contributed by atoms with van der Waals surface area (Å²) in [6.45, 7) is 1.66. The van der Waals surface area contributed by atoms with Crippen molar-refractivity contribution in [2.45, 2.75) is 30.2 Å². The van der Waals surface area contributed by atoms with Crippen LogP contribution in [0.3, 0.4) is 0 Å². The average molecular weight is 412 g/mol. The van der Waals surface area contributed by atoms with Crippen LogP contribution in [0.1, 0.15) is 23.7 Å².